The van der Waals surface area contributed by atoms with E-state index >= 15 is 0 Å². The van der Waals surface area contributed by atoms with Crippen LogP contribution in [0.5, 0.6) is 0 Å². The predicted octanol–water partition coefficient (Wildman–Crippen LogP) is 3.04. The molecular weight excluding hydrogens is 256 g/mol. The molecule has 2 rings (SSSR count). The number of hydrogen-bond acceptors (Lipinski definition) is 3. The minimum atomic E-state index is -0.153. The lowest BCUT2D eigenvalue weighted by atomic mass is 10.1. The molecule has 80 valence electrons. The van der Waals surface area contributed by atoms with Gasteiger partial charge in [0.1, 0.15) is 5.84 Å². The number of hydrogen-bond donors (Lipinski definition) is 1. The molecule has 0 spiro atoms. The summed E-state index contributed by atoms with van der Waals surface area (Å²) in [7, 11) is 0. The number of nitrogens with zero attached hydrogens (tertiary/aromatic N) is 1. The Bertz CT molecular complexity index is 390. The number of benzene rings is 1. The maximum atomic E-state index is 5.32. The highest BCUT2D eigenvalue weighted by Gasteiger charge is 2.22. The first kappa shape index (κ1) is 10.5. The highest BCUT2D eigenvalue weighted by molar-refractivity contribution is 9.10. The van der Waals surface area contributed by atoms with Crippen molar-refractivity contribution in [2.45, 2.75) is 20.1 Å². The molecule has 0 bridgehead atoms. The minimum Gasteiger partial charge on any atom is -0.364 e. The lowest BCUT2D eigenvalue weighted by Crippen LogP contribution is -2.26. The normalized spacial score (nSPS) is 19.7. The summed E-state index contributed by atoms with van der Waals surface area (Å²) in [6.07, 6.45) is -0.153. The third-order valence-electron chi connectivity index (χ3n) is 2.23. The summed E-state index contributed by atoms with van der Waals surface area (Å²) in [6.45, 7) is 4.16. The van der Waals surface area contributed by atoms with Crippen LogP contribution in [0.3, 0.4) is 0 Å². The zero-order valence-electron chi connectivity index (χ0n) is 8.70. The topological polar surface area (TPSA) is 33.6 Å². The molecule has 1 aromatic carbocycles. The summed E-state index contributed by atoms with van der Waals surface area (Å²) in [5.74, 6) is 1.27. The standard InChI is InChI=1S/C11H13BrN2O/c1-7(2)10-13-11(15-14-10)8-4-3-5-9(12)6-8/h3-7,11H,1-2H3,(H,13,14). The number of halogens is 1. The third-order valence-corrected chi connectivity index (χ3v) is 2.73. The van der Waals surface area contributed by atoms with Gasteiger partial charge in [0.15, 0.2) is 0 Å². The Morgan fingerprint density at radius 1 is 1.47 bits per heavy atom. The van der Waals surface area contributed by atoms with E-state index in [9.17, 15) is 0 Å². The van der Waals surface area contributed by atoms with Crippen molar-refractivity contribution in [1.29, 1.82) is 0 Å². The molecule has 4 heteroatoms. The minimum absolute atomic E-state index is 0.153. The van der Waals surface area contributed by atoms with Gasteiger partial charge in [-0.1, -0.05) is 47.1 Å². The quantitative estimate of drug-likeness (QED) is 0.895. The van der Waals surface area contributed by atoms with Gasteiger partial charge < -0.3 is 10.2 Å². The Morgan fingerprint density at radius 2 is 2.27 bits per heavy atom. The van der Waals surface area contributed by atoms with Crippen LogP contribution in [0.2, 0.25) is 0 Å². The van der Waals surface area contributed by atoms with E-state index in [0.29, 0.717) is 5.92 Å². The van der Waals surface area contributed by atoms with E-state index < -0.39 is 0 Å². The molecule has 0 radical (unpaired) electrons. The summed E-state index contributed by atoms with van der Waals surface area (Å²) in [6, 6.07) is 8.01. The van der Waals surface area contributed by atoms with Gasteiger partial charge in [-0.25, -0.2) is 0 Å². The lowest BCUT2D eigenvalue weighted by molar-refractivity contribution is 0.0729. The van der Waals surface area contributed by atoms with Crippen LogP contribution in [0.4, 0.5) is 0 Å². The predicted molar refractivity (Wildman–Crippen MR) is 63.4 cm³/mol. The van der Waals surface area contributed by atoms with Crippen molar-refractivity contribution in [2.75, 3.05) is 0 Å². The van der Waals surface area contributed by atoms with Crippen LogP contribution in [-0.4, -0.2) is 5.84 Å². The molecule has 3 nitrogen and oxygen atoms in total. The third kappa shape index (κ3) is 2.31. The number of nitrogens with one attached hydrogen (secondary N) is 1. The molecule has 0 aromatic heterocycles. The first-order chi connectivity index (χ1) is 7.16. The molecule has 15 heavy (non-hydrogen) atoms. The molecule has 0 fully saturated rings. The van der Waals surface area contributed by atoms with Crippen LogP contribution in [0.1, 0.15) is 25.6 Å². The van der Waals surface area contributed by atoms with Crippen molar-refractivity contribution in [3.8, 4) is 0 Å². The van der Waals surface area contributed by atoms with Crippen LogP contribution in [0.25, 0.3) is 0 Å². The molecular formula is C11H13BrN2O. The molecule has 1 aromatic rings. The monoisotopic (exact) mass is 268 g/mol. The van der Waals surface area contributed by atoms with Gasteiger partial charge in [0.05, 0.1) is 0 Å². The highest BCUT2D eigenvalue weighted by Crippen LogP contribution is 2.23. The first-order valence-corrected chi connectivity index (χ1v) is 5.72. The van der Waals surface area contributed by atoms with E-state index in [2.05, 4.69) is 40.2 Å². The molecule has 1 N–H and O–H groups in total. The summed E-state index contributed by atoms with van der Waals surface area (Å²) >= 11 is 3.43. The molecule has 0 aliphatic carbocycles. The summed E-state index contributed by atoms with van der Waals surface area (Å²) in [4.78, 5) is 5.32. The molecule has 1 aliphatic heterocycles. The number of rotatable bonds is 2. The fraction of sp³-hybridized carbons (Fsp3) is 0.364. The van der Waals surface area contributed by atoms with Crippen LogP contribution >= 0.6 is 15.9 Å². The Hall–Kier alpha value is -1.03. The number of amidine groups is 1. The Morgan fingerprint density at radius 3 is 2.87 bits per heavy atom. The summed E-state index contributed by atoms with van der Waals surface area (Å²) < 4.78 is 1.04. The van der Waals surface area contributed by atoms with Crippen LogP contribution in [0.15, 0.2) is 33.9 Å². The van der Waals surface area contributed by atoms with Crippen LogP contribution in [0, 0.1) is 5.92 Å². The average molecular weight is 269 g/mol. The molecule has 1 atom stereocenters. The molecule has 0 saturated heterocycles. The first-order valence-electron chi connectivity index (χ1n) is 4.92. The van der Waals surface area contributed by atoms with Crippen molar-refractivity contribution < 1.29 is 4.84 Å². The van der Waals surface area contributed by atoms with E-state index in [1.807, 2.05) is 24.3 Å². The zero-order valence-corrected chi connectivity index (χ0v) is 10.3. The molecule has 1 heterocycles. The Kier molecular flexibility index (Phi) is 2.95. The van der Waals surface area contributed by atoms with Gasteiger partial charge in [-0.2, -0.15) is 0 Å². The van der Waals surface area contributed by atoms with Crippen LogP contribution < -0.4 is 5.32 Å². The van der Waals surface area contributed by atoms with Crippen molar-refractivity contribution in [2.24, 2.45) is 11.1 Å². The van der Waals surface area contributed by atoms with Crippen molar-refractivity contribution in [1.82, 2.24) is 5.32 Å². The van der Waals surface area contributed by atoms with Gasteiger partial charge in [0.25, 0.3) is 0 Å². The Balaban J connectivity index is 2.10. The number of oxime groups is 1. The second kappa shape index (κ2) is 4.23. The van der Waals surface area contributed by atoms with E-state index in [1.165, 1.54) is 0 Å². The van der Waals surface area contributed by atoms with Crippen molar-refractivity contribution in [3.05, 3.63) is 34.3 Å². The SMILES string of the molecule is CC(C)C1=NOC(c2cccc(Br)c2)N1. The van der Waals surface area contributed by atoms with Gasteiger partial charge in [0.2, 0.25) is 6.23 Å². The van der Waals surface area contributed by atoms with Crippen molar-refractivity contribution >= 4 is 21.8 Å². The summed E-state index contributed by atoms with van der Waals surface area (Å²) in [5.41, 5.74) is 1.07. The van der Waals surface area contributed by atoms with Gasteiger partial charge in [-0.3, -0.25) is 0 Å². The fourth-order valence-electron chi connectivity index (χ4n) is 1.38. The maximum Gasteiger partial charge on any atom is 0.224 e. The van der Waals surface area contributed by atoms with Crippen molar-refractivity contribution in [3.63, 3.8) is 0 Å². The highest BCUT2D eigenvalue weighted by atomic mass is 79.9. The van der Waals surface area contributed by atoms with Gasteiger partial charge in [-0.05, 0) is 12.1 Å². The Labute approximate surface area is 97.6 Å². The lowest BCUT2D eigenvalue weighted by Gasteiger charge is -2.11. The molecule has 0 amide bonds. The maximum absolute atomic E-state index is 5.32. The van der Waals surface area contributed by atoms with Gasteiger partial charge in [0, 0.05) is 16.0 Å². The van der Waals surface area contributed by atoms with E-state index in [-0.39, 0.29) is 6.23 Å². The zero-order chi connectivity index (χ0) is 10.8. The fourth-order valence-corrected chi connectivity index (χ4v) is 1.80. The second-order valence-corrected chi connectivity index (χ2v) is 4.73. The average Bonchev–Trinajstić information content (AvgIpc) is 2.66. The second-order valence-electron chi connectivity index (χ2n) is 3.82. The largest absolute Gasteiger partial charge is 0.364 e. The van der Waals surface area contributed by atoms with E-state index in [4.69, 9.17) is 4.84 Å². The van der Waals surface area contributed by atoms with Crippen LogP contribution in [-0.2, 0) is 4.84 Å². The molecule has 1 aliphatic rings. The molecule has 0 saturated carbocycles. The summed E-state index contributed by atoms with van der Waals surface area (Å²) in [5, 5.41) is 7.25. The van der Waals surface area contributed by atoms with E-state index in [0.717, 1.165) is 15.9 Å². The van der Waals surface area contributed by atoms with Gasteiger partial charge >= 0.3 is 0 Å². The smallest absolute Gasteiger partial charge is 0.224 e. The van der Waals surface area contributed by atoms with E-state index in [1.54, 1.807) is 0 Å². The van der Waals surface area contributed by atoms with Gasteiger partial charge in [-0.15, -0.1) is 0 Å². The molecule has 1 unspecified atom stereocenters.